The van der Waals surface area contributed by atoms with Crippen LogP contribution in [0.3, 0.4) is 0 Å². The van der Waals surface area contributed by atoms with E-state index in [1.54, 1.807) is 42.3 Å². The summed E-state index contributed by atoms with van der Waals surface area (Å²) in [7, 11) is 1.58. The van der Waals surface area contributed by atoms with Gasteiger partial charge in [-0.05, 0) is 30.3 Å². The van der Waals surface area contributed by atoms with E-state index in [4.69, 9.17) is 16.3 Å². The number of ether oxygens (including phenoxy) is 1. The van der Waals surface area contributed by atoms with Crippen molar-refractivity contribution < 1.29 is 9.53 Å². The predicted octanol–water partition coefficient (Wildman–Crippen LogP) is 3.79. The van der Waals surface area contributed by atoms with E-state index < -0.39 is 0 Å². The number of anilines is 1. The molecular weight excluding hydrogens is 314 g/mol. The van der Waals surface area contributed by atoms with Crippen LogP contribution in [0.25, 0.3) is 5.69 Å². The Kier molecular flexibility index (Phi) is 4.30. The number of nitrogens with zero attached hydrogens (tertiary/aromatic N) is 2. The van der Waals surface area contributed by atoms with Crippen molar-refractivity contribution in [2.24, 2.45) is 0 Å². The van der Waals surface area contributed by atoms with Crippen LogP contribution in [0.1, 0.15) is 10.4 Å². The third-order valence-electron chi connectivity index (χ3n) is 3.25. The second-order valence-corrected chi connectivity index (χ2v) is 5.28. The van der Waals surface area contributed by atoms with Crippen molar-refractivity contribution in [1.82, 2.24) is 9.78 Å². The smallest absolute Gasteiger partial charge is 0.258 e. The zero-order valence-electron chi connectivity index (χ0n) is 12.4. The van der Waals surface area contributed by atoms with Gasteiger partial charge in [0.15, 0.2) is 0 Å². The van der Waals surface area contributed by atoms with Crippen LogP contribution in [0.15, 0.2) is 60.9 Å². The number of halogens is 1. The quantitative estimate of drug-likeness (QED) is 0.793. The number of hydrogen-bond acceptors (Lipinski definition) is 3. The Morgan fingerprint density at radius 2 is 2.04 bits per heavy atom. The summed E-state index contributed by atoms with van der Waals surface area (Å²) in [6.07, 6.45) is 3.16. The molecule has 0 atom stereocenters. The summed E-state index contributed by atoms with van der Waals surface area (Å²) in [6.45, 7) is 0. The van der Waals surface area contributed by atoms with Crippen molar-refractivity contribution in [3.05, 3.63) is 71.5 Å². The van der Waals surface area contributed by atoms with E-state index in [9.17, 15) is 4.79 Å². The number of amides is 1. The Labute approximate surface area is 138 Å². The molecule has 1 heterocycles. The molecule has 0 radical (unpaired) electrons. The predicted molar refractivity (Wildman–Crippen MR) is 89.5 cm³/mol. The molecule has 1 N–H and O–H groups in total. The van der Waals surface area contributed by atoms with E-state index in [0.29, 0.717) is 22.0 Å². The molecule has 6 heteroatoms. The molecule has 1 amide bonds. The van der Waals surface area contributed by atoms with Gasteiger partial charge in [-0.1, -0.05) is 23.7 Å². The summed E-state index contributed by atoms with van der Waals surface area (Å²) in [5.74, 6) is 0.434. The van der Waals surface area contributed by atoms with Crippen molar-refractivity contribution in [1.29, 1.82) is 0 Å². The highest BCUT2D eigenvalue weighted by molar-refractivity contribution is 6.30. The Hall–Kier alpha value is -2.79. The average molecular weight is 328 g/mol. The maximum Gasteiger partial charge on any atom is 0.258 e. The maximum atomic E-state index is 12.3. The summed E-state index contributed by atoms with van der Waals surface area (Å²) in [5, 5.41) is 7.62. The van der Waals surface area contributed by atoms with Crippen molar-refractivity contribution in [2.45, 2.75) is 0 Å². The topological polar surface area (TPSA) is 56.1 Å². The third kappa shape index (κ3) is 3.52. The fraction of sp³-hybridized carbons (Fsp3) is 0.0588. The van der Waals surface area contributed by atoms with Crippen LogP contribution in [-0.2, 0) is 0 Å². The molecule has 1 aromatic heterocycles. The lowest BCUT2D eigenvalue weighted by molar-refractivity contribution is 0.102. The molecule has 0 aliphatic carbocycles. The van der Waals surface area contributed by atoms with Crippen molar-refractivity contribution in [2.75, 3.05) is 12.4 Å². The summed E-state index contributed by atoms with van der Waals surface area (Å²) >= 11 is 5.97. The lowest BCUT2D eigenvalue weighted by atomic mass is 10.2. The zero-order valence-corrected chi connectivity index (χ0v) is 13.1. The van der Waals surface area contributed by atoms with Crippen LogP contribution in [-0.4, -0.2) is 22.8 Å². The van der Waals surface area contributed by atoms with Gasteiger partial charge in [0, 0.05) is 23.0 Å². The SMILES string of the molecule is COc1cccc(NC(=O)c2cnn(-c3cccc(Cl)c3)c2)c1. The van der Waals surface area contributed by atoms with E-state index in [1.165, 1.54) is 6.20 Å². The van der Waals surface area contributed by atoms with Gasteiger partial charge in [0.1, 0.15) is 5.75 Å². The first-order valence-electron chi connectivity index (χ1n) is 6.92. The second kappa shape index (κ2) is 6.54. The minimum atomic E-state index is -0.244. The van der Waals surface area contributed by atoms with Gasteiger partial charge >= 0.3 is 0 Å². The third-order valence-corrected chi connectivity index (χ3v) is 3.48. The van der Waals surface area contributed by atoms with Crippen LogP contribution in [0, 0.1) is 0 Å². The summed E-state index contributed by atoms with van der Waals surface area (Å²) in [4.78, 5) is 12.3. The molecule has 3 rings (SSSR count). The van der Waals surface area contributed by atoms with Gasteiger partial charge in [-0.2, -0.15) is 5.10 Å². The minimum Gasteiger partial charge on any atom is -0.497 e. The standard InChI is InChI=1S/C17H14ClN3O2/c1-23-16-7-3-5-14(9-16)20-17(22)12-10-19-21(11-12)15-6-2-4-13(18)8-15/h2-11H,1H3,(H,20,22). The summed E-state index contributed by atoms with van der Waals surface area (Å²) in [6, 6.07) is 14.4. The summed E-state index contributed by atoms with van der Waals surface area (Å²) in [5.41, 5.74) is 1.90. The Balaban J connectivity index is 1.78. The van der Waals surface area contributed by atoms with Crippen LogP contribution < -0.4 is 10.1 Å². The second-order valence-electron chi connectivity index (χ2n) is 4.84. The van der Waals surface area contributed by atoms with Gasteiger partial charge in [-0.3, -0.25) is 4.79 Å². The first kappa shape index (κ1) is 15.1. The van der Waals surface area contributed by atoms with Gasteiger partial charge in [-0.15, -0.1) is 0 Å². The highest BCUT2D eigenvalue weighted by atomic mass is 35.5. The number of hydrogen-bond donors (Lipinski definition) is 1. The molecule has 5 nitrogen and oxygen atoms in total. The molecule has 3 aromatic rings. The van der Waals surface area contributed by atoms with Crippen LogP contribution >= 0.6 is 11.6 Å². The number of methoxy groups -OCH3 is 1. The number of carbonyl (C=O) groups excluding carboxylic acids is 1. The molecule has 0 spiro atoms. The molecule has 2 aromatic carbocycles. The molecule has 116 valence electrons. The largest absolute Gasteiger partial charge is 0.497 e. The van der Waals surface area contributed by atoms with E-state index in [0.717, 1.165) is 5.69 Å². The molecule has 0 fully saturated rings. The van der Waals surface area contributed by atoms with Crippen LogP contribution in [0.2, 0.25) is 5.02 Å². The average Bonchev–Trinajstić information content (AvgIpc) is 3.05. The normalized spacial score (nSPS) is 10.3. The van der Waals surface area contributed by atoms with Crippen molar-refractivity contribution in [3.8, 4) is 11.4 Å². The number of nitrogens with one attached hydrogen (secondary N) is 1. The van der Waals surface area contributed by atoms with Gasteiger partial charge in [-0.25, -0.2) is 4.68 Å². The van der Waals surface area contributed by atoms with Gasteiger partial charge in [0.2, 0.25) is 0 Å². The number of carbonyl (C=O) groups is 1. The van der Waals surface area contributed by atoms with E-state index in [2.05, 4.69) is 10.4 Å². The summed E-state index contributed by atoms with van der Waals surface area (Å²) < 4.78 is 6.74. The lowest BCUT2D eigenvalue weighted by Crippen LogP contribution is -2.11. The molecule has 0 aliphatic rings. The highest BCUT2D eigenvalue weighted by Crippen LogP contribution is 2.18. The molecule has 0 saturated carbocycles. The van der Waals surface area contributed by atoms with Crippen molar-refractivity contribution >= 4 is 23.2 Å². The number of benzene rings is 2. The van der Waals surface area contributed by atoms with E-state index in [-0.39, 0.29) is 5.91 Å². The molecule has 0 saturated heterocycles. The minimum absolute atomic E-state index is 0.244. The number of rotatable bonds is 4. The Morgan fingerprint density at radius 1 is 1.22 bits per heavy atom. The molecule has 0 aliphatic heterocycles. The van der Waals surface area contributed by atoms with Crippen molar-refractivity contribution in [3.63, 3.8) is 0 Å². The molecule has 23 heavy (non-hydrogen) atoms. The van der Waals surface area contributed by atoms with E-state index >= 15 is 0 Å². The maximum absolute atomic E-state index is 12.3. The first-order valence-corrected chi connectivity index (χ1v) is 7.29. The van der Waals surface area contributed by atoms with Crippen LogP contribution in [0.5, 0.6) is 5.75 Å². The van der Waals surface area contributed by atoms with Crippen LogP contribution in [0.4, 0.5) is 5.69 Å². The molecular formula is C17H14ClN3O2. The Morgan fingerprint density at radius 3 is 2.83 bits per heavy atom. The fourth-order valence-electron chi connectivity index (χ4n) is 2.10. The lowest BCUT2D eigenvalue weighted by Gasteiger charge is -2.05. The van der Waals surface area contributed by atoms with Gasteiger partial charge in [0.05, 0.1) is 24.6 Å². The first-order chi connectivity index (χ1) is 11.2. The fourth-order valence-corrected chi connectivity index (χ4v) is 2.29. The highest BCUT2D eigenvalue weighted by Gasteiger charge is 2.10. The molecule has 0 bridgehead atoms. The van der Waals surface area contributed by atoms with E-state index in [1.807, 2.05) is 24.3 Å². The molecule has 0 unspecified atom stereocenters. The monoisotopic (exact) mass is 327 g/mol. The zero-order chi connectivity index (χ0) is 16.2. The van der Waals surface area contributed by atoms with Gasteiger partial charge in [0.25, 0.3) is 5.91 Å². The van der Waals surface area contributed by atoms with Gasteiger partial charge < -0.3 is 10.1 Å². The number of aromatic nitrogens is 2. The Bertz CT molecular complexity index is 845.